The lowest BCUT2D eigenvalue weighted by Gasteiger charge is -2.20. The molecule has 0 saturated heterocycles. The van der Waals surface area contributed by atoms with Gasteiger partial charge in [-0.25, -0.2) is 9.82 Å². The van der Waals surface area contributed by atoms with Gasteiger partial charge in [-0.2, -0.15) is 5.10 Å². The molecule has 2 amide bonds. The topological polar surface area (TPSA) is 70.6 Å². The molecule has 0 bridgehead atoms. The molecule has 0 radical (unpaired) electrons. The Morgan fingerprint density at radius 1 is 1.00 bits per heavy atom. The van der Waals surface area contributed by atoms with E-state index in [1.54, 1.807) is 13.0 Å². The molecule has 5 nitrogen and oxygen atoms in total. The molecule has 1 aliphatic rings. The monoisotopic (exact) mass is 381 g/mol. The van der Waals surface area contributed by atoms with Gasteiger partial charge in [0.1, 0.15) is 5.82 Å². The lowest BCUT2D eigenvalue weighted by Crippen LogP contribution is -2.24. The fourth-order valence-electron chi connectivity index (χ4n) is 3.31. The van der Waals surface area contributed by atoms with E-state index in [9.17, 15) is 14.0 Å². The summed E-state index contributed by atoms with van der Waals surface area (Å²) in [4.78, 5) is 24.3. The maximum Gasteiger partial charge on any atom is 0.274 e. The van der Waals surface area contributed by atoms with E-state index in [4.69, 9.17) is 0 Å². The van der Waals surface area contributed by atoms with Gasteiger partial charge in [0.2, 0.25) is 5.91 Å². The summed E-state index contributed by atoms with van der Waals surface area (Å²) in [5.41, 5.74) is 4.42. The van der Waals surface area contributed by atoms with E-state index in [1.807, 2.05) is 24.3 Å². The zero-order chi connectivity index (χ0) is 19.9. The van der Waals surface area contributed by atoms with Crippen molar-refractivity contribution in [3.63, 3.8) is 0 Å². The Balaban J connectivity index is 1.59. The van der Waals surface area contributed by atoms with E-state index in [2.05, 4.69) is 15.8 Å². The first-order chi connectivity index (χ1) is 13.5. The maximum atomic E-state index is 13.6. The summed E-state index contributed by atoms with van der Waals surface area (Å²) >= 11 is 0. The second-order valence-corrected chi connectivity index (χ2v) is 7.02. The van der Waals surface area contributed by atoms with Crippen LogP contribution < -0.4 is 10.7 Å². The fraction of sp³-hybridized carbons (Fsp3) is 0.318. The number of halogens is 1. The third kappa shape index (κ3) is 5.03. The highest BCUT2D eigenvalue weighted by Gasteiger charge is 2.21. The summed E-state index contributed by atoms with van der Waals surface area (Å²) in [6, 6.07) is 13.0. The zero-order valence-corrected chi connectivity index (χ0v) is 15.9. The first-order valence-electron chi connectivity index (χ1n) is 9.55. The Bertz CT molecular complexity index is 872. The highest BCUT2D eigenvalue weighted by atomic mass is 19.1. The number of amides is 2. The molecule has 2 N–H and O–H groups in total. The zero-order valence-electron chi connectivity index (χ0n) is 15.9. The average molecular weight is 381 g/mol. The first kappa shape index (κ1) is 19.7. The van der Waals surface area contributed by atoms with E-state index in [0.29, 0.717) is 5.71 Å². The molecular weight excluding hydrogens is 357 g/mol. The van der Waals surface area contributed by atoms with Crippen LogP contribution in [-0.4, -0.2) is 17.5 Å². The molecule has 28 heavy (non-hydrogen) atoms. The molecule has 3 rings (SSSR count). The number of carbonyl (C=O) groups excluding carboxylic acids is 2. The van der Waals surface area contributed by atoms with Crippen LogP contribution in [-0.2, 0) is 4.79 Å². The molecule has 1 saturated carbocycles. The third-order valence-corrected chi connectivity index (χ3v) is 4.99. The van der Waals surface area contributed by atoms with Crippen LogP contribution in [0.3, 0.4) is 0 Å². The second-order valence-electron chi connectivity index (χ2n) is 7.02. The van der Waals surface area contributed by atoms with Gasteiger partial charge in [0.15, 0.2) is 0 Å². The Hall–Kier alpha value is -3.02. The number of benzene rings is 2. The number of hydrogen-bond acceptors (Lipinski definition) is 3. The molecule has 0 unspecified atom stereocenters. The van der Waals surface area contributed by atoms with Crippen molar-refractivity contribution in [2.45, 2.75) is 39.0 Å². The molecule has 1 fully saturated rings. The first-order valence-corrected chi connectivity index (χ1v) is 9.55. The molecule has 0 heterocycles. The van der Waals surface area contributed by atoms with Gasteiger partial charge in [-0.15, -0.1) is 0 Å². The van der Waals surface area contributed by atoms with Gasteiger partial charge < -0.3 is 5.32 Å². The van der Waals surface area contributed by atoms with Crippen molar-refractivity contribution in [3.8, 4) is 0 Å². The summed E-state index contributed by atoms with van der Waals surface area (Å²) in [5.74, 6) is -1.01. The molecule has 2 aromatic carbocycles. The average Bonchev–Trinajstić information content (AvgIpc) is 2.73. The van der Waals surface area contributed by atoms with Gasteiger partial charge in [-0.3, -0.25) is 9.59 Å². The molecule has 0 atom stereocenters. The van der Waals surface area contributed by atoms with Gasteiger partial charge in [-0.05, 0) is 49.6 Å². The Labute approximate surface area is 164 Å². The van der Waals surface area contributed by atoms with Crippen LogP contribution in [0.2, 0.25) is 0 Å². The number of hydrazone groups is 1. The van der Waals surface area contributed by atoms with Gasteiger partial charge in [0.25, 0.3) is 5.91 Å². The van der Waals surface area contributed by atoms with E-state index in [-0.39, 0.29) is 17.4 Å². The molecule has 0 aliphatic heterocycles. The minimum atomic E-state index is -0.603. The number of carbonyl (C=O) groups is 2. The van der Waals surface area contributed by atoms with Crippen LogP contribution in [0.4, 0.5) is 10.1 Å². The molecule has 146 valence electrons. The van der Waals surface area contributed by atoms with E-state index in [1.165, 1.54) is 24.6 Å². The summed E-state index contributed by atoms with van der Waals surface area (Å²) < 4.78 is 13.6. The van der Waals surface area contributed by atoms with Crippen LogP contribution in [0.25, 0.3) is 0 Å². The minimum Gasteiger partial charge on any atom is -0.326 e. The number of hydrogen-bond donors (Lipinski definition) is 2. The van der Waals surface area contributed by atoms with Crippen LogP contribution in [0, 0.1) is 11.7 Å². The maximum absolute atomic E-state index is 13.6. The molecular formula is C22H24FN3O2. The Morgan fingerprint density at radius 3 is 2.36 bits per heavy atom. The minimum absolute atomic E-state index is 0.0557. The van der Waals surface area contributed by atoms with E-state index >= 15 is 0 Å². The quantitative estimate of drug-likeness (QED) is 0.591. The summed E-state index contributed by atoms with van der Waals surface area (Å²) in [5, 5.41) is 7.00. The lowest BCUT2D eigenvalue weighted by atomic mass is 9.88. The fourth-order valence-corrected chi connectivity index (χ4v) is 3.31. The van der Waals surface area contributed by atoms with Gasteiger partial charge in [0.05, 0.1) is 11.3 Å². The molecule has 0 spiro atoms. The van der Waals surface area contributed by atoms with Crippen molar-refractivity contribution in [2.75, 3.05) is 5.32 Å². The van der Waals surface area contributed by atoms with Crippen molar-refractivity contribution in [3.05, 3.63) is 65.5 Å². The van der Waals surface area contributed by atoms with E-state index in [0.717, 1.165) is 36.9 Å². The van der Waals surface area contributed by atoms with Crippen molar-refractivity contribution in [2.24, 2.45) is 11.0 Å². The predicted molar refractivity (Wildman–Crippen MR) is 108 cm³/mol. The van der Waals surface area contributed by atoms with Crippen molar-refractivity contribution < 1.29 is 14.0 Å². The molecule has 6 heteroatoms. The second kappa shape index (κ2) is 9.26. The Morgan fingerprint density at radius 2 is 1.68 bits per heavy atom. The van der Waals surface area contributed by atoms with Gasteiger partial charge in [0, 0.05) is 11.6 Å². The third-order valence-electron chi connectivity index (χ3n) is 4.99. The van der Waals surface area contributed by atoms with Crippen molar-refractivity contribution >= 4 is 23.2 Å². The van der Waals surface area contributed by atoms with Crippen LogP contribution in [0.1, 0.15) is 54.9 Å². The summed E-state index contributed by atoms with van der Waals surface area (Å²) in [7, 11) is 0. The Kier molecular flexibility index (Phi) is 6.53. The number of nitrogens with zero attached hydrogens (tertiary/aromatic N) is 1. The highest BCUT2D eigenvalue weighted by Crippen LogP contribution is 2.25. The molecule has 1 aliphatic carbocycles. The summed E-state index contributed by atoms with van der Waals surface area (Å²) in [6.07, 6.45) is 5.36. The van der Waals surface area contributed by atoms with Crippen LogP contribution >= 0.6 is 0 Å². The highest BCUT2D eigenvalue weighted by molar-refractivity contribution is 6.01. The van der Waals surface area contributed by atoms with Gasteiger partial charge >= 0.3 is 0 Å². The van der Waals surface area contributed by atoms with Crippen LogP contribution in [0.5, 0.6) is 0 Å². The standard InChI is InChI=1S/C22H24FN3O2/c1-15(25-26-22(28)19-9-5-6-10-20(19)23)16-11-13-18(14-12-16)24-21(27)17-7-3-2-4-8-17/h5-6,9-14,17H,2-4,7-8H2,1H3,(H,24,27)(H,26,28). The normalized spacial score (nSPS) is 15.1. The summed E-state index contributed by atoms with van der Waals surface area (Å²) in [6.45, 7) is 1.75. The SMILES string of the molecule is CC(=NNC(=O)c1ccccc1F)c1ccc(NC(=O)C2CCCCC2)cc1. The smallest absolute Gasteiger partial charge is 0.274 e. The predicted octanol–water partition coefficient (Wildman–Crippen LogP) is 4.50. The number of nitrogens with one attached hydrogen (secondary N) is 2. The van der Waals surface area contributed by atoms with E-state index < -0.39 is 11.7 Å². The molecule has 0 aromatic heterocycles. The van der Waals surface area contributed by atoms with Crippen molar-refractivity contribution in [1.29, 1.82) is 0 Å². The van der Waals surface area contributed by atoms with Gasteiger partial charge in [-0.1, -0.05) is 43.5 Å². The largest absolute Gasteiger partial charge is 0.326 e. The molecule has 2 aromatic rings. The number of anilines is 1. The number of rotatable bonds is 5. The lowest BCUT2D eigenvalue weighted by molar-refractivity contribution is -0.120. The van der Waals surface area contributed by atoms with Crippen LogP contribution in [0.15, 0.2) is 53.6 Å². The van der Waals surface area contributed by atoms with Crippen molar-refractivity contribution in [1.82, 2.24) is 5.43 Å².